The van der Waals surface area contributed by atoms with E-state index in [1.165, 1.54) is 4.90 Å². The Kier molecular flexibility index (Phi) is 6.17. The molecule has 1 saturated heterocycles. The number of halogens is 1. The minimum atomic E-state index is -0.0550. The summed E-state index contributed by atoms with van der Waals surface area (Å²) < 4.78 is 5.29. The Bertz CT molecular complexity index is 857. The van der Waals surface area contributed by atoms with Gasteiger partial charge in [0.25, 0.3) is 5.91 Å². The number of nitrogens with one attached hydrogen (secondary N) is 2. The van der Waals surface area contributed by atoms with Gasteiger partial charge >= 0.3 is 0 Å². The molecular weight excluding hydrogens is 364 g/mol. The maximum atomic E-state index is 12.3. The molecule has 0 bridgehead atoms. The number of methoxy groups -OCH3 is 1. The van der Waals surface area contributed by atoms with Crippen molar-refractivity contribution in [2.45, 2.75) is 0 Å². The number of benzene rings is 2. The number of rotatable bonds is 5. The van der Waals surface area contributed by atoms with Crippen LogP contribution in [0.25, 0.3) is 0 Å². The van der Waals surface area contributed by atoms with Gasteiger partial charge in [-0.25, -0.2) is 0 Å². The number of hydrogen-bond donors (Lipinski definition) is 2. The van der Waals surface area contributed by atoms with E-state index in [9.17, 15) is 4.79 Å². The molecule has 0 atom stereocenters. The van der Waals surface area contributed by atoms with Crippen LogP contribution in [-0.4, -0.2) is 45.7 Å². The van der Waals surface area contributed by atoms with Crippen LogP contribution in [0.5, 0.6) is 5.75 Å². The fraction of sp³-hybridized carbons (Fsp3) is 0.300. The van der Waals surface area contributed by atoms with E-state index in [4.69, 9.17) is 21.6 Å². The van der Waals surface area contributed by atoms with Crippen molar-refractivity contribution in [3.8, 4) is 11.8 Å². The summed E-state index contributed by atoms with van der Waals surface area (Å²) in [7, 11) is 1.67. The number of nitrogens with zero attached hydrogens (tertiary/aromatic N) is 2. The maximum absolute atomic E-state index is 12.3. The predicted octanol–water partition coefficient (Wildman–Crippen LogP) is 1.56. The van der Waals surface area contributed by atoms with Gasteiger partial charge in [0.1, 0.15) is 11.8 Å². The lowest BCUT2D eigenvalue weighted by Gasteiger charge is -2.33. The van der Waals surface area contributed by atoms with Crippen LogP contribution in [0, 0.1) is 11.3 Å². The summed E-state index contributed by atoms with van der Waals surface area (Å²) in [6.45, 7) is 3.96. The van der Waals surface area contributed by atoms with Gasteiger partial charge in [0.05, 0.1) is 43.9 Å². The summed E-state index contributed by atoms with van der Waals surface area (Å²) in [5.41, 5.74) is 2.15. The standard InChI is InChI=1S/C20H21ClN4O2/c1-27-18-4-2-3-17(12-18)25-9-7-24(8-10-25)14-20(26)23-16-6-5-15(13-22)19(21)11-16/h2-6,11-12H,7-10,14H2,1H3,(H,23,26)/p+1. The second-order valence-electron chi connectivity index (χ2n) is 6.47. The van der Waals surface area contributed by atoms with Gasteiger partial charge in [-0.1, -0.05) is 17.7 Å². The zero-order valence-corrected chi connectivity index (χ0v) is 15.9. The lowest BCUT2D eigenvalue weighted by atomic mass is 10.2. The zero-order chi connectivity index (χ0) is 19.2. The first-order valence-electron chi connectivity index (χ1n) is 8.81. The summed E-state index contributed by atoms with van der Waals surface area (Å²) >= 11 is 6.01. The van der Waals surface area contributed by atoms with Crippen LogP contribution in [0.2, 0.25) is 5.02 Å². The van der Waals surface area contributed by atoms with Crippen molar-refractivity contribution in [3.05, 3.63) is 53.1 Å². The van der Waals surface area contributed by atoms with Crippen LogP contribution in [0.4, 0.5) is 11.4 Å². The molecule has 0 aliphatic carbocycles. The number of carbonyl (C=O) groups is 1. The molecule has 0 radical (unpaired) electrons. The summed E-state index contributed by atoms with van der Waals surface area (Å²) in [5.74, 6) is 0.795. The molecule has 1 aliphatic rings. The number of anilines is 2. The zero-order valence-electron chi connectivity index (χ0n) is 15.2. The van der Waals surface area contributed by atoms with E-state index in [2.05, 4.69) is 16.3 Å². The van der Waals surface area contributed by atoms with Gasteiger partial charge in [0, 0.05) is 17.4 Å². The van der Waals surface area contributed by atoms with E-state index in [0.29, 0.717) is 22.8 Å². The van der Waals surface area contributed by atoms with E-state index in [-0.39, 0.29) is 5.91 Å². The Morgan fingerprint density at radius 2 is 2.07 bits per heavy atom. The average Bonchev–Trinajstić information content (AvgIpc) is 2.68. The Balaban J connectivity index is 1.50. The quantitative estimate of drug-likeness (QED) is 0.819. The number of hydrogen-bond acceptors (Lipinski definition) is 4. The maximum Gasteiger partial charge on any atom is 0.279 e. The molecule has 0 saturated carbocycles. The number of amides is 1. The topological polar surface area (TPSA) is 69.8 Å². The molecule has 1 aliphatic heterocycles. The molecule has 1 heterocycles. The average molecular weight is 386 g/mol. The number of quaternary nitrogens is 1. The fourth-order valence-electron chi connectivity index (χ4n) is 3.18. The molecule has 0 spiro atoms. The fourth-order valence-corrected chi connectivity index (χ4v) is 3.40. The summed E-state index contributed by atoms with van der Waals surface area (Å²) in [4.78, 5) is 15.9. The minimum absolute atomic E-state index is 0.0550. The Labute approximate surface area is 163 Å². The van der Waals surface area contributed by atoms with E-state index >= 15 is 0 Å². The number of ether oxygens (including phenoxy) is 1. The molecular formula is C20H22ClN4O2+. The molecule has 1 fully saturated rings. The molecule has 0 aromatic heterocycles. The number of piperazine rings is 1. The third-order valence-corrected chi connectivity index (χ3v) is 4.99. The van der Waals surface area contributed by atoms with Gasteiger partial charge in [-0.3, -0.25) is 4.79 Å². The lowest BCUT2D eigenvalue weighted by molar-refractivity contribution is -0.892. The van der Waals surface area contributed by atoms with Gasteiger partial charge in [-0.05, 0) is 30.3 Å². The SMILES string of the molecule is COc1cccc(N2CC[NH+](CC(=O)Nc3ccc(C#N)c(Cl)c3)CC2)c1. The van der Waals surface area contributed by atoms with Gasteiger partial charge in [0.15, 0.2) is 6.54 Å². The monoisotopic (exact) mass is 385 g/mol. The smallest absolute Gasteiger partial charge is 0.279 e. The van der Waals surface area contributed by atoms with Crippen LogP contribution in [0.15, 0.2) is 42.5 Å². The molecule has 6 nitrogen and oxygen atoms in total. The Hall–Kier alpha value is -2.75. The first kappa shape index (κ1) is 19.0. The van der Waals surface area contributed by atoms with Gasteiger partial charge < -0.3 is 19.9 Å². The second kappa shape index (κ2) is 8.76. The Morgan fingerprint density at radius 1 is 1.30 bits per heavy atom. The molecule has 2 N–H and O–H groups in total. The molecule has 140 valence electrons. The molecule has 2 aromatic rings. The predicted molar refractivity (Wildman–Crippen MR) is 106 cm³/mol. The van der Waals surface area contributed by atoms with Gasteiger partial charge in [-0.2, -0.15) is 5.26 Å². The largest absolute Gasteiger partial charge is 0.497 e. The van der Waals surface area contributed by atoms with Crippen LogP contribution < -0.4 is 19.9 Å². The third kappa shape index (κ3) is 4.91. The first-order chi connectivity index (χ1) is 13.1. The van der Waals surface area contributed by atoms with E-state index < -0.39 is 0 Å². The number of carbonyl (C=O) groups excluding carboxylic acids is 1. The molecule has 27 heavy (non-hydrogen) atoms. The van der Waals surface area contributed by atoms with Crippen LogP contribution in [0.3, 0.4) is 0 Å². The first-order valence-corrected chi connectivity index (χ1v) is 9.19. The minimum Gasteiger partial charge on any atom is -0.497 e. The second-order valence-corrected chi connectivity index (χ2v) is 6.88. The van der Waals surface area contributed by atoms with Gasteiger partial charge in [-0.15, -0.1) is 0 Å². The molecule has 0 unspecified atom stereocenters. The highest BCUT2D eigenvalue weighted by molar-refractivity contribution is 6.32. The van der Waals surface area contributed by atoms with Crippen LogP contribution in [-0.2, 0) is 4.79 Å². The van der Waals surface area contributed by atoms with Crippen molar-refractivity contribution in [1.82, 2.24) is 0 Å². The summed E-state index contributed by atoms with van der Waals surface area (Å²) in [6, 6.07) is 14.9. The van der Waals surface area contributed by atoms with E-state index in [1.807, 2.05) is 24.3 Å². The van der Waals surface area contributed by atoms with Crippen LogP contribution >= 0.6 is 11.6 Å². The normalized spacial score (nSPS) is 14.5. The molecule has 7 heteroatoms. The van der Waals surface area contributed by atoms with Crippen molar-refractivity contribution < 1.29 is 14.4 Å². The highest BCUT2D eigenvalue weighted by Crippen LogP contribution is 2.21. The van der Waals surface area contributed by atoms with Crippen LogP contribution in [0.1, 0.15) is 5.56 Å². The molecule has 2 aromatic carbocycles. The van der Waals surface area contributed by atoms with E-state index in [1.54, 1.807) is 25.3 Å². The van der Waals surface area contributed by atoms with Crippen molar-refractivity contribution >= 4 is 28.9 Å². The van der Waals surface area contributed by atoms with Crippen molar-refractivity contribution in [2.75, 3.05) is 50.1 Å². The van der Waals surface area contributed by atoms with Crippen molar-refractivity contribution in [3.63, 3.8) is 0 Å². The summed E-state index contributed by atoms with van der Waals surface area (Å²) in [5, 5.41) is 12.1. The lowest BCUT2D eigenvalue weighted by Crippen LogP contribution is -3.15. The van der Waals surface area contributed by atoms with Crippen molar-refractivity contribution in [2.24, 2.45) is 0 Å². The molecule has 1 amide bonds. The summed E-state index contributed by atoms with van der Waals surface area (Å²) in [6.07, 6.45) is 0. The highest BCUT2D eigenvalue weighted by Gasteiger charge is 2.22. The van der Waals surface area contributed by atoms with Crippen molar-refractivity contribution in [1.29, 1.82) is 5.26 Å². The van der Waals surface area contributed by atoms with E-state index in [0.717, 1.165) is 37.6 Å². The third-order valence-electron chi connectivity index (χ3n) is 4.67. The molecule has 3 rings (SSSR count). The number of nitriles is 1. The Morgan fingerprint density at radius 3 is 2.74 bits per heavy atom. The highest BCUT2D eigenvalue weighted by atomic mass is 35.5. The van der Waals surface area contributed by atoms with Gasteiger partial charge in [0.2, 0.25) is 0 Å².